The number of carbonyl (C=O) groups excluding carboxylic acids is 1. The molecule has 0 aromatic heterocycles. The molecule has 0 bridgehead atoms. The quantitative estimate of drug-likeness (QED) is 0.411. The van der Waals surface area contributed by atoms with Crippen molar-refractivity contribution < 1.29 is 4.79 Å². The van der Waals surface area contributed by atoms with Crippen molar-refractivity contribution in [2.24, 2.45) is 0 Å². The van der Waals surface area contributed by atoms with Crippen LogP contribution in [0.2, 0.25) is 0 Å². The molecule has 70 valence electrons. The standard InChI is InChI=1S/C9H13N2OP/c1-4-7-11(13)9(12)8(5-2)10-6-3/h1,5-6,10H,3,7,13H2,2H3/b8-5-. The fourth-order valence-corrected chi connectivity index (χ4v) is 0.948. The Bertz CT molecular complexity index is 265. The van der Waals surface area contributed by atoms with Crippen molar-refractivity contribution in [2.45, 2.75) is 6.92 Å². The van der Waals surface area contributed by atoms with E-state index in [1.54, 1.807) is 13.0 Å². The average Bonchev–Trinajstić information content (AvgIpc) is 2.13. The second-order valence-electron chi connectivity index (χ2n) is 2.19. The van der Waals surface area contributed by atoms with E-state index >= 15 is 0 Å². The summed E-state index contributed by atoms with van der Waals surface area (Å²) in [5, 5.41) is 2.72. The highest BCUT2D eigenvalue weighted by atomic mass is 31.0. The van der Waals surface area contributed by atoms with Crippen molar-refractivity contribution in [3.05, 3.63) is 24.6 Å². The topological polar surface area (TPSA) is 32.3 Å². The van der Waals surface area contributed by atoms with Crippen molar-refractivity contribution >= 4 is 15.3 Å². The molecule has 0 saturated carbocycles. The number of rotatable bonds is 4. The number of nitrogens with zero attached hydrogens (tertiary/aromatic N) is 1. The molecule has 0 aliphatic heterocycles. The first-order chi connectivity index (χ1) is 6.17. The molecule has 0 aliphatic carbocycles. The van der Waals surface area contributed by atoms with Gasteiger partial charge < -0.3 is 9.99 Å². The smallest absolute Gasteiger partial charge is 0.273 e. The van der Waals surface area contributed by atoms with Gasteiger partial charge in [0.05, 0.1) is 12.2 Å². The van der Waals surface area contributed by atoms with Crippen LogP contribution in [0.3, 0.4) is 0 Å². The maximum atomic E-state index is 11.5. The Morgan fingerprint density at radius 3 is 2.85 bits per heavy atom. The highest BCUT2D eigenvalue weighted by molar-refractivity contribution is 7.14. The molecule has 0 aromatic carbocycles. The largest absolute Gasteiger partial charge is 0.358 e. The summed E-state index contributed by atoms with van der Waals surface area (Å²) in [6.07, 6.45) is 8.18. The van der Waals surface area contributed by atoms with E-state index in [0.29, 0.717) is 5.70 Å². The lowest BCUT2D eigenvalue weighted by Gasteiger charge is -2.15. The average molecular weight is 196 g/mol. The molecule has 1 amide bonds. The fraction of sp³-hybridized carbons (Fsp3) is 0.222. The van der Waals surface area contributed by atoms with Gasteiger partial charge in [-0.2, -0.15) is 0 Å². The van der Waals surface area contributed by atoms with Gasteiger partial charge in [0.1, 0.15) is 0 Å². The number of amides is 1. The molecule has 0 radical (unpaired) electrons. The predicted molar refractivity (Wildman–Crippen MR) is 57.3 cm³/mol. The molecule has 0 aromatic rings. The van der Waals surface area contributed by atoms with Crippen molar-refractivity contribution in [1.29, 1.82) is 0 Å². The molecule has 4 heteroatoms. The lowest BCUT2D eigenvalue weighted by Crippen LogP contribution is -2.27. The Morgan fingerprint density at radius 2 is 2.46 bits per heavy atom. The molecule has 3 nitrogen and oxygen atoms in total. The van der Waals surface area contributed by atoms with E-state index in [4.69, 9.17) is 6.42 Å². The number of nitrogens with one attached hydrogen (secondary N) is 1. The summed E-state index contributed by atoms with van der Waals surface area (Å²) in [6.45, 7) is 5.49. The van der Waals surface area contributed by atoms with Gasteiger partial charge in [-0.05, 0) is 22.5 Å². The van der Waals surface area contributed by atoms with Gasteiger partial charge in [0, 0.05) is 0 Å². The summed E-state index contributed by atoms with van der Waals surface area (Å²) in [6, 6.07) is 0. The van der Waals surface area contributed by atoms with Crippen LogP contribution < -0.4 is 5.32 Å². The summed E-state index contributed by atoms with van der Waals surface area (Å²) < 4.78 is 1.37. The summed E-state index contributed by atoms with van der Waals surface area (Å²) >= 11 is 0. The SMILES string of the molecule is C#CCN(P)C(=O)/C(=C/C)NC=C. The molecule has 0 heterocycles. The number of hydrogen-bond acceptors (Lipinski definition) is 2. The lowest BCUT2D eigenvalue weighted by molar-refractivity contribution is -0.122. The molecule has 1 atom stereocenters. The Labute approximate surface area is 81.1 Å². The second-order valence-corrected chi connectivity index (χ2v) is 2.81. The normalized spacial score (nSPS) is 10.1. The summed E-state index contributed by atoms with van der Waals surface area (Å²) in [5.41, 5.74) is 0.459. The van der Waals surface area contributed by atoms with Gasteiger partial charge in [-0.15, -0.1) is 6.42 Å². The molecular weight excluding hydrogens is 183 g/mol. The molecular formula is C9H13N2OP. The van der Waals surface area contributed by atoms with Gasteiger partial charge in [0.25, 0.3) is 5.91 Å². The van der Waals surface area contributed by atoms with Gasteiger partial charge in [-0.25, -0.2) is 0 Å². The lowest BCUT2D eigenvalue weighted by atomic mass is 10.4. The van der Waals surface area contributed by atoms with Crippen LogP contribution in [-0.4, -0.2) is 17.1 Å². The van der Waals surface area contributed by atoms with Crippen molar-refractivity contribution in [2.75, 3.05) is 6.54 Å². The molecule has 0 aliphatic rings. The third kappa shape index (κ3) is 3.78. The van der Waals surface area contributed by atoms with Gasteiger partial charge in [-0.3, -0.25) is 4.79 Å². The van der Waals surface area contributed by atoms with Gasteiger partial charge >= 0.3 is 0 Å². The van der Waals surface area contributed by atoms with Crippen LogP contribution in [0.25, 0.3) is 0 Å². The van der Waals surface area contributed by atoms with Gasteiger partial charge in [0.2, 0.25) is 0 Å². The van der Waals surface area contributed by atoms with Crippen LogP contribution in [-0.2, 0) is 4.79 Å². The van der Waals surface area contributed by atoms with Crippen LogP contribution in [0.5, 0.6) is 0 Å². The van der Waals surface area contributed by atoms with Crippen LogP contribution in [0.4, 0.5) is 0 Å². The van der Waals surface area contributed by atoms with Crippen LogP contribution >= 0.6 is 9.39 Å². The van der Waals surface area contributed by atoms with Crippen LogP contribution in [0, 0.1) is 12.3 Å². The van der Waals surface area contributed by atoms with E-state index in [1.165, 1.54) is 10.9 Å². The number of carbonyl (C=O) groups is 1. The molecule has 0 spiro atoms. The van der Waals surface area contributed by atoms with Crippen molar-refractivity contribution in [1.82, 2.24) is 9.99 Å². The van der Waals surface area contributed by atoms with Crippen molar-refractivity contribution in [3.63, 3.8) is 0 Å². The van der Waals surface area contributed by atoms with Crippen LogP contribution in [0.15, 0.2) is 24.6 Å². The van der Waals surface area contributed by atoms with E-state index < -0.39 is 0 Å². The monoisotopic (exact) mass is 196 g/mol. The maximum Gasteiger partial charge on any atom is 0.273 e. The van der Waals surface area contributed by atoms with E-state index in [2.05, 4.69) is 27.2 Å². The third-order valence-electron chi connectivity index (χ3n) is 1.30. The molecule has 13 heavy (non-hydrogen) atoms. The molecule has 0 rings (SSSR count). The Balaban J connectivity index is 4.39. The third-order valence-corrected chi connectivity index (χ3v) is 1.72. The highest BCUT2D eigenvalue weighted by Crippen LogP contribution is 2.04. The zero-order valence-corrected chi connectivity index (χ0v) is 8.73. The Kier molecular flexibility index (Phi) is 5.67. The highest BCUT2D eigenvalue weighted by Gasteiger charge is 2.11. The summed E-state index contributed by atoms with van der Waals surface area (Å²) in [4.78, 5) is 11.5. The second kappa shape index (κ2) is 6.28. The van der Waals surface area contributed by atoms with Gasteiger partial charge in [0.15, 0.2) is 0 Å². The van der Waals surface area contributed by atoms with E-state index in [-0.39, 0.29) is 12.5 Å². The number of allylic oxidation sites excluding steroid dienone is 1. The Morgan fingerprint density at radius 1 is 1.85 bits per heavy atom. The molecule has 0 saturated heterocycles. The minimum atomic E-state index is -0.176. The maximum absolute atomic E-state index is 11.5. The van der Waals surface area contributed by atoms with Gasteiger partial charge in [-0.1, -0.05) is 18.6 Å². The number of hydrogen-bond donors (Lipinski definition) is 1. The summed E-state index contributed by atoms with van der Waals surface area (Å²) in [7, 11) is 2.27. The summed E-state index contributed by atoms with van der Waals surface area (Å²) in [5.74, 6) is 2.20. The molecule has 0 fully saturated rings. The van der Waals surface area contributed by atoms with E-state index in [9.17, 15) is 4.79 Å². The Hall–Kier alpha value is -1.26. The van der Waals surface area contributed by atoms with Crippen molar-refractivity contribution in [3.8, 4) is 12.3 Å². The fourth-order valence-electron chi connectivity index (χ4n) is 0.703. The zero-order valence-electron chi connectivity index (χ0n) is 7.58. The first-order valence-corrected chi connectivity index (χ1v) is 4.22. The van der Waals surface area contributed by atoms with Crippen LogP contribution in [0.1, 0.15) is 6.92 Å². The first kappa shape index (κ1) is 11.7. The van der Waals surface area contributed by atoms with E-state index in [1.807, 2.05) is 0 Å². The molecule has 1 unspecified atom stereocenters. The zero-order chi connectivity index (χ0) is 10.3. The number of terminal acetylenes is 1. The minimum Gasteiger partial charge on any atom is -0.358 e. The minimum absolute atomic E-state index is 0.176. The first-order valence-electron chi connectivity index (χ1n) is 3.71. The van der Waals surface area contributed by atoms with E-state index in [0.717, 1.165) is 0 Å². The molecule has 1 N–H and O–H groups in total. The predicted octanol–water partition coefficient (Wildman–Crippen LogP) is 0.875.